The minimum atomic E-state index is 0.000709. The molecule has 0 radical (unpaired) electrons. The van der Waals surface area contributed by atoms with Crippen LogP contribution in [-0.2, 0) is 4.74 Å². The van der Waals surface area contributed by atoms with Gasteiger partial charge in [0.1, 0.15) is 5.76 Å². The summed E-state index contributed by atoms with van der Waals surface area (Å²) >= 11 is 0. The van der Waals surface area contributed by atoms with Crippen molar-refractivity contribution in [1.82, 2.24) is 10.2 Å². The summed E-state index contributed by atoms with van der Waals surface area (Å²) in [6, 6.07) is 12.0. The second-order valence-electron chi connectivity index (χ2n) is 7.93. The minimum absolute atomic E-state index is 0.000709. The fourth-order valence-corrected chi connectivity index (χ4v) is 5.01. The molecular weight excluding hydrogens is 340 g/mol. The van der Waals surface area contributed by atoms with Crippen LogP contribution in [0.25, 0.3) is 11.3 Å². The number of carbonyl (C=O) groups is 1. The number of amides is 1. The number of fused-ring (bicyclic) bond motifs is 1. The summed E-state index contributed by atoms with van der Waals surface area (Å²) in [4.78, 5) is 15.5. The topological polar surface area (TPSA) is 54.7 Å². The first-order chi connectivity index (χ1) is 13.3. The number of piperidine rings is 1. The highest BCUT2D eigenvalue weighted by molar-refractivity contribution is 5.95. The molecular formula is C22H26N2O3. The molecule has 1 aromatic carbocycles. The number of nitrogens with zero attached hydrogens (tertiary/aromatic N) is 1. The van der Waals surface area contributed by atoms with Gasteiger partial charge >= 0.3 is 0 Å². The Labute approximate surface area is 159 Å². The molecule has 2 saturated heterocycles. The maximum absolute atomic E-state index is 13.0. The normalized spacial score (nSPS) is 30.5. The number of furan rings is 1. The van der Waals surface area contributed by atoms with Crippen LogP contribution in [0, 0.1) is 5.92 Å². The second-order valence-corrected chi connectivity index (χ2v) is 7.93. The highest BCUT2D eigenvalue weighted by Crippen LogP contribution is 2.42. The van der Waals surface area contributed by atoms with E-state index in [1.54, 1.807) is 6.26 Å². The quantitative estimate of drug-likeness (QED) is 0.902. The van der Waals surface area contributed by atoms with Crippen molar-refractivity contribution in [2.45, 2.75) is 43.9 Å². The van der Waals surface area contributed by atoms with Crippen molar-refractivity contribution in [3.8, 4) is 11.3 Å². The average Bonchev–Trinajstić information content (AvgIpc) is 3.38. The summed E-state index contributed by atoms with van der Waals surface area (Å²) < 4.78 is 11.5. The third-order valence-corrected chi connectivity index (χ3v) is 6.39. The molecule has 2 aliphatic heterocycles. The average molecular weight is 366 g/mol. The fraction of sp³-hybridized carbons (Fsp3) is 0.500. The first kappa shape index (κ1) is 17.0. The number of nitrogens with one attached hydrogen (secondary N) is 1. The first-order valence-corrected chi connectivity index (χ1v) is 10.1. The van der Waals surface area contributed by atoms with Crippen molar-refractivity contribution < 1.29 is 13.9 Å². The lowest BCUT2D eigenvalue weighted by Gasteiger charge is -2.53. The SMILES string of the molecule is O=C(N[C@H]1[C@H]2CCO[C@H]2[C@@H]1N1CCCCC1)c1cccc(-c2ccco2)c1. The van der Waals surface area contributed by atoms with Crippen LogP contribution >= 0.6 is 0 Å². The number of carbonyl (C=O) groups excluding carboxylic acids is 1. The molecule has 3 fully saturated rings. The summed E-state index contributed by atoms with van der Waals surface area (Å²) in [5.74, 6) is 1.23. The van der Waals surface area contributed by atoms with E-state index in [2.05, 4.69) is 10.2 Å². The fourth-order valence-electron chi connectivity index (χ4n) is 5.01. The van der Waals surface area contributed by atoms with E-state index in [-0.39, 0.29) is 11.9 Å². The molecule has 5 nitrogen and oxygen atoms in total. The molecule has 0 spiro atoms. The zero-order chi connectivity index (χ0) is 18.2. The predicted octanol–water partition coefficient (Wildman–Crippen LogP) is 3.32. The van der Waals surface area contributed by atoms with Crippen molar-refractivity contribution in [3.63, 3.8) is 0 Å². The van der Waals surface area contributed by atoms with Gasteiger partial charge < -0.3 is 14.5 Å². The van der Waals surface area contributed by atoms with Gasteiger partial charge in [-0.3, -0.25) is 9.69 Å². The lowest BCUT2D eigenvalue weighted by molar-refractivity contribution is -0.0862. The summed E-state index contributed by atoms with van der Waals surface area (Å²) in [5, 5.41) is 3.33. The number of ether oxygens (including phenoxy) is 1. The van der Waals surface area contributed by atoms with Gasteiger partial charge in [-0.15, -0.1) is 0 Å². The lowest BCUT2D eigenvalue weighted by atomic mass is 9.70. The zero-order valence-corrected chi connectivity index (χ0v) is 15.5. The maximum atomic E-state index is 13.0. The summed E-state index contributed by atoms with van der Waals surface area (Å²) in [6.07, 6.45) is 6.81. The molecule has 5 rings (SSSR count). The van der Waals surface area contributed by atoms with E-state index in [0.717, 1.165) is 37.4 Å². The van der Waals surface area contributed by atoms with Crippen LogP contribution in [0.3, 0.4) is 0 Å². The van der Waals surface area contributed by atoms with E-state index < -0.39 is 0 Å². The van der Waals surface area contributed by atoms with Crippen LogP contribution in [0.1, 0.15) is 36.0 Å². The van der Waals surface area contributed by atoms with Gasteiger partial charge in [-0.05, 0) is 56.6 Å². The molecule has 0 bridgehead atoms. The Bertz CT molecular complexity index is 798. The Balaban J connectivity index is 1.33. The molecule has 0 unspecified atom stereocenters. The molecule has 142 valence electrons. The van der Waals surface area contributed by atoms with Gasteiger partial charge in [0.25, 0.3) is 5.91 Å². The Morgan fingerprint density at radius 2 is 2.00 bits per heavy atom. The molecule has 1 aliphatic carbocycles. The van der Waals surface area contributed by atoms with Gasteiger partial charge in [0.15, 0.2) is 0 Å². The van der Waals surface area contributed by atoms with E-state index >= 15 is 0 Å². The van der Waals surface area contributed by atoms with Crippen molar-refractivity contribution in [1.29, 1.82) is 0 Å². The standard InChI is InChI=1S/C22H26N2O3/c25-22(16-7-4-6-15(14-16)18-8-5-12-26-18)23-19-17-9-13-27-21(17)20(19)24-10-2-1-3-11-24/h4-8,12,14,17,19-21H,1-3,9-11,13H2,(H,23,25)/t17-,19+,20-,21-/m1/s1. The number of likely N-dealkylation sites (tertiary alicyclic amines) is 1. The van der Waals surface area contributed by atoms with Crippen LogP contribution in [0.5, 0.6) is 0 Å². The number of benzene rings is 1. The number of hydrogen-bond donors (Lipinski definition) is 1. The Kier molecular flexibility index (Phi) is 4.50. The molecule has 5 heteroatoms. The highest BCUT2D eigenvalue weighted by Gasteiger charge is 2.56. The molecule has 1 N–H and O–H groups in total. The molecule has 1 amide bonds. The van der Waals surface area contributed by atoms with Crippen LogP contribution in [0.15, 0.2) is 47.1 Å². The van der Waals surface area contributed by atoms with Crippen molar-refractivity contribution >= 4 is 5.91 Å². The molecule has 27 heavy (non-hydrogen) atoms. The second kappa shape index (κ2) is 7.13. The third-order valence-electron chi connectivity index (χ3n) is 6.39. The van der Waals surface area contributed by atoms with Gasteiger partial charge in [-0.2, -0.15) is 0 Å². The molecule has 4 atom stereocenters. The summed E-state index contributed by atoms with van der Waals surface area (Å²) in [5.41, 5.74) is 1.61. The van der Waals surface area contributed by atoms with Crippen molar-refractivity contribution in [3.05, 3.63) is 48.2 Å². The molecule has 3 heterocycles. The molecule has 1 saturated carbocycles. The highest BCUT2D eigenvalue weighted by atomic mass is 16.5. The van der Waals surface area contributed by atoms with Gasteiger partial charge in [0.2, 0.25) is 0 Å². The van der Waals surface area contributed by atoms with Crippen LogP contribution in [0.4, 0.5) is 0 Å². The number of hydrogen-bond acceptors (Lipinski definition) is 4. The van der Waals surface area contributed by atoms with Crippen molar-refractivity contribution in [2.24, 2.45) is 5.92 Å². The zero-order valence-electron chi connectivity index (χ0n) is 15.5. The largest absolute Gasteiger partial charge is 0.464 e. The first-order valence-electron chi connectivity index (χ1n) is 10.1. The minimum Gasteiger partial charge on any atom is -0.464 e. The summed E-state index contributed by atoms with van der Waals surface area (Å²) in [6.45, 7) is 3.06. The van der Waals surface area contributed by atoms with E-state index in [1.807, 2.05) is 36.4 Å². The maximum Gasteiger partial charge on any atom is 0.251 e. The number of rotatable bonds is 4. The monoisotopic (exact) mass is 366 g/mol. The Hall–Kier alpha value is -2.11. The van der Waals surface area contributed by atoms with Crippen LogP contribution in [0.2, 0.25) is 0 Å². The third kappa shape index (κ3) is 3.09. The van der Waals surface area contributed by atoms with Gasteiger partial charge in [-0.1, -0.05) is 18.6 Å². The van der Waals surface area contributed by atoms with E-state index in [9.17, 15) is 4.79 Å². The van der Waals surface area contributed by atoms with E-state index in [4.69, 9.17) is 9.15 Å². The molecule has 2 aromatic rings. The van der Waals surface area contributed by atoms with E-state index in [0.29, 0.717) is 23.6 Å². The van der Waals surface area contributed by atoms with Gasteiger partial charge in [0, 0.05) is 23.7 Å². The molecule has 1 aromatic heterocycles. The summed E-state index contributed by atoms with van der Waals surface area (Å²) in [7, 11) is 0. The van der Waals surface area contributed by atoms with E-state index in [1.165, 1.54) is 19.3 Å². The molecule has 3 aliphatic rings. The van der Waals surface area contributed by atoms with Crippen LogP contribution in [-0.4, -0.2) is 48.7 Å². The van der Waals surface area contributed by atoms with Gasteiger partial charge in [0.05, 0.1) is 24.5 Å². The predicted molar refractivity (Wildman–Crippen MR) is 102 cm³/mol. The Morgan fingerprint density at radius 3 is 2.81 bits per heavy atom. The Morgan fingerprint density at radius 1 is 1.11 bits per heavy atom. The lowest BCUT2D eigenvalue weighted by Crippen LogP contribution is -2.71. The van der Waals surface area contributed by atoms with Crippen LogP contribution < -0.4 is 5.32 Å². The van der Waals surface area contributed by atoms with Gasteiger partial charge in [-0.25, -0.2) is 0 Å². The van der Waals surface area contributed by atoms with Crippen molar-refractivity contribution in [2.75, 3.05) is 19.7 Å². The smallest absolute Gasteiger partial charge is 0.251 e.